The van der Waals surface area contributed by atoms with E-state index in [2.05, 4.69) is 5.32 Å². The first-order valence-electron chi connectivity index (χ1n) is 6.38. The maximum absolute atomic E-state index is 12.2. The molecule has 0 unspecified atom stereocenters. The maximum atomic E-state index is 12.2. The summed E-state index contributed by atoms with van der Waals surface area (Å²) in [4.78, 5) is 12.2. The quantitative estimate of drug-likeness (QED) is 0.907. The van der Waals surface area contributed by atoms with Crippen LogP contribution < -0.4 is 14.8 Å². The van der Waals surface area contributed by atoms with E-state index in [4.69, 9.17) is 9.47 Å². The van der Waals surface area contributed by atoms with Gasteiger partial charge < -0.3 is 19.9 Å². The number of para-hydroxylation sites is 1. The fourth-order valence-electron chi connectivity index (χ4n) is 2.02. The third kappa shape index (κ3) is 3.08. The van der Waals surface area contributed by atoms with Crippen molar-refractivity contribution in [3.05, 3.63) is 47.5 Å². The number of amides is 1. The minimum atomic E-state index is -0.407. The first kappa shape index (κ1) is 14.7. The molecule has 0 fully saturated rings. The number of methoxy groups -OCH3 is 2. The van der Waals surface area contributed by atoms with Gasteiger partial charge in [0.15, 0.2) is 11.5 Å². The van der Waals surface area contributed by atoms with Crippen LogP contribution in [0.25, 0.3) is 0 Å². The average molecular weight is 287 g/mol. The van der Waals surface area contributed by atoms with Crippen LogP contribution in [0.15, 0.2) is 36.4 Å². The van der Waals surface area contributed by atoms with E-state index >= 15 is 0 Å². The highest BCUT2D eigenvalue weighted by molar-refractivity contribution is 6.06. The standard InChI is InChI=1S/C16H17NO4/c1-10-9-11(7-8-13(10)20-2)17-16(19)12-5-4-6-14(21-3)15(12)18/h4-9,18H,1-3H3,(H,17,19). The van der Waals surface area contributed by atoms with Gasteiger partial charge in [0.25, 0.3) is 5.91 Å². The van der Waals surface area contributed by atoms with Gasteiger partial charge in [-0.15, -0.1) is 0 Å². The molecule has 1 amide bonds. The van der Waals surface area contributed by atoms with Crippen LogP contribution in [0.4, 0.5) is 5.69 Å². The highest BCUT2D eigenvalue weighted by Gasteiger charge is 2.15. The van der Waals surface area contributed by atoms with Gasteiger partial charge in [0.2, 0.25) is 0 Å². The Balaban J connectivity index is 2.24. The molecule has 0 aliphatic heterocycles. The fraction of sp³-hybridized carbons (Fsp3) is 0.188. The number of anilines is 1. The van der Waals surface area contributed by atoms with Crippen LogP contribution in [-0.2, 0) is 0 Å². The minimum absolute atomic E-state index is 0.155. The first-order chi connectivity index (χ1) is 10.1. The van der Waals surface area contributed by atoms with Crippen LogP contribution >= 0.6 is 0 Å². The van der Waals surface area contributed by atoms with Gasteiger partial charge in [-0.2, -0.15) is 0 Å². The summed E-state index contributed by atoms with van der Waals surface area (Å²) >= 11 is 0. The molecule has 5 heteroatoms. The maximum Gasteiger partial charge on any atom is 0.259 e. The fourth-order valence-corrected chi connectivity index (χ4v) is 2.02. The molecule has 110 valence electrons. The molecule has 5 nitrogen and oxygen atoms in total. The lowest BCUT2D eigenvalue weighted by Crippen LogP contribution is -2.12. The van der Waals surface area contributed by atoms with Gasteiger partial charge in [-0.3, -0.25) is 4.79 Å². The summed E-state index contributed by atoms with van der Waals surface area (Å²) in [5, 5.41) is 12.7. The van der Waals surface area contributed by atoms with Crippen LogP contribution in [0.5, 0.6) is 17.2 Å². The van der Waals surface area contributed by atoms with Gasteiger partial charge in [-0.25, -0.2) is 0 Å². The van der Waals surface area contributed by atoms with Crippen molar-refractivity contribution in [3.63, 3.8) is 0 Å². The zero-order valence-corrected chi connectivity index (χ0v) is 12.1. The van der Waals surface area contributed by atoms with Gasteiger partial charge in [0.05, 0.1) is 19.8 Å². The summed E-state index contributed by atoms with van der Waals surface area (Å²) in [5.41, 5.74) is 1.69. The van der Waals surface area contributed by atoms with Crippen molar-refractivity contribution in [2.75, 3.05) is 19.5 Å². The molecule has 0 radical (unpaired) electrons. The van der Waals surface area contributed by atoms with Crippen LogP contribution in [0.3, 0.4) is 0 Å². The monoisotopic (exact) mass is 287 g/mol. The Labute approximate surface area is 123 Å². The summed E-state index contributed by atoms with van der Waals surface area (Å²) in [5.74, 6) is 0.421. The first-order valence-corrected chi connectivity index (χ1v) is 6.38. The van der Waals surface area contributed by atoms with Crippen molar-refractivity contribution in [1.29, 1.82) is 0 Å². The number of carbonyl (C=O) groups excluding carboxylic acids is 1. The lowest BCUT2D eigenvalue weighted by molar-refractivity contribution is 0.102. The van der Waals surface area contributed by atoms with Crippen molar-refractivity contribution < 1.29 is 19.4 Å². The van der Waals surface area contributed by atoms with E-state index in [0.29, 0.717) is 5.69 Å². The normalized spacial score (nSPS) is 10.0. The molecule has 0 aromatic heterocycles. The number of nitrogens with one attached hydrogen (secondary N) is 1. The predicted octanol–water partition coefficient (Wildman–Crippen LogP) is 2.97. The van der Waals surface area contributed by atoms with Gasteiger partial charge in [0, 0.05) is 5.69 Å². The topological polar surface area (TPSA) is 67.8 Å². The molecule has 2 aromatic rings. The Kier molecular flexibility index (Phi) is 4.33. The number of aromatic hydroxyl groups is 1. The molecule has 2 aromatic carbocycles. The number of aryl methyl sites for hydroxylation is 1. The molecule has 0 aliphatic carbocycles. The third-order valence-corrected chi connectivity index (χ3v) is 3.12. The minimum Gasteiger partial charge on any atom is -0.504 e. The molecule has 0 saturated heterocycles. The molecule has 2 N–H and O–H groups in total. The second kappa shape index (κ2) is 6.17. The molecule has 2 rings (SSSR count). The van der Waals surface area contributed by atoms with E-state index in [1.54, 1.807) is 37.4 Å². The molecule has 0 bridgehead atoms. The van der Waals surface area contributed by atoms with Gasteiger partial charge in [-0.1, -0.05) is 6.07 Å². The number of hydrogen-bond donors (Lipinski definition) is 2. The molecular formula is C16H17NO4. The van der Waals surface area contributed by atoms with Crippen molar-refractivity contribution in [2.45, 2.75) is 6.92 Å². The zero-order valence-electron chi connectivity index (χ0n) is 12.1. The molecule has 0 heterocycles. The second-order valence-corrected chi connectivity index (χ2v) is 4.49. The smallest absolute Gasteiger partial charge is 0.259 e. The molecular weight excluding hydrogens is 270 g/mol. The number of phenolic OH excluding ortho intramolecular Hbond substituents is 1. The molecule has 21 heavy (non-hydrogen) atoms. The molecule has 0 aliphatic rings. The number of carbonyl (C=O) groups is 1. The predicted molar refractivity (Wildman–Crippen MR) is 80.3 cm³/mol. The van der Waals surface area contributed by atoms with E-state index in [9.17, 15) is 9.90 Å². The van der Waals surface area contributed by atoms with Crippen LogP contribution in [0.2, 0.25) is 0 Å². The number of rotatable bonds is 4. The van der Waals surface area contributed by atoms with Crippen LogP contribution in [-0.4, -0.2) is 25.2 Å². The van der Waals surface area contributed by atoms with Gasteiger partial charge in [-0.05, 0) is 42.8 Å². The summed E-state index contributed by atoms with van der Waals surface area (Å²) in [6.07, 6.45) is 0. The van der Waals surface area contributed by atoms with Crippen molar-refractivity contribution >= 4 is 11.6 Å². The number of hydrogen-bond acceptors (Lipinski definition) is 4. The largest absolute Gasteiger partial charge is 0.504 e. The number of phenols is 1. The van der Waals surface area contributed by atoms with E-state index in [1.807, 2.05) is 6.92 Å². The summed E-state index contributed by atoms with van der Waals surface area (Å²) < 4.78 is 10.2. The Morgan fingerprint density at radius 2 is 1.81 bits per heavy atom. The zero-order chi connectivity index (χ0) is 15.4. The van der Waals surface area contributed by atoms with Gasteiger partial charge in [0.1, 0.15) is 5.75 Å². The SMILES string of the molecule is COc1ccc(NC(=O)c2cccc(OC)c2O)cc1C. The Morgan fingerprint density at radius 1 is 1.10 bits per heavy atom. The molecule has 0 spiro atoms. The Bertz CT molecular complexity index is 667. The van der Waals surface area contributed by atoms with E-state index in [1.165, 1.54) is 13.2 Å². The van der Waals surface area contributed by atoms with Crippen molar-refractivity contribution in [3.8, 4) is 17.2 Å². The van der Waals surface area contributed by atoms with Gasteiger partial charge >= 0.3 is 0 Å². The van der Waals surface area contributed by atoms with E-state index in [0.717, 1.165) is 11.3 Å². The van der Waals surface area contributed by atoms with Crippen LogP contribution in [0.1, 0.15) is 15.9 Å². The highest BCUT2D eigenvalue weighted by Crippen LogP contribution is 2.30. The average Bonchev–Trinajstić information content (AvgIpc) is 2.47. The lowest BCUT2D eigenvalue weighted by Gasteiger charge is -2.11. The van der Waals surface area contributed by atoms with Crippen molar-refractivity contribution in [1.82, 2.24) is 0 Å². The Hall–Kier alpha value is -2.69. The van der Waals surface area contributed by atoms with Crippen molar-refractivity contribution in [2.24, 2.45) is 0 Å². The van der Waals surface area contributed by atoms with Crippen LogP contribution in [0, 0.1) is 6.92 Å². The summed E-state index contributed by atoms with van der Waals surface area (Å²) in [6.45, 7) is 1.89. The summed E-state index contributed by atoms with van der Waals surface area (Å²) in [6, 6.07) is 10.1. The Morgan fingerprint density at radius 3 is 2.43 bits per heavy atom. The summed E-state index contributed by atoms with van der Waals surface area (Å²) in [7, 11) is 3.03. The van der Waals surface area contributed by atoms with E-state index < -0.39 is 5.91 Å². The molecule has 0 atom stereocenters. The van der Waals surface area contributed by atoms with E-state index in [-0.39, 0.29) is 17.1 Å². The third-order valence-electron chi connectivity index (χ3n) is 3.12. The number of benzene rings is 2. The molecule has 0 saturated carbocycles. The lowest BCUT2D eigenvalue weighted by atomic mass is 10.1. The highest BCUT2D eigenvalue weighted by atomic mass is 16.5. The second-order valence-electron chi connectivity index (χ2n) is 4.49. The number of ether oxygens (including phenoxy) is 2.